The second-order valence-corrected chi connectivity index (χ2v) is 9.62. The van der Waals surface area contributed by atoms with E-state index in [0.717, 1.165) is 54.0 Å². The Hall–Kier alpha value is -3.84. The molecule has 2 aromatic carbocycles. The highest BCUT2D eigenvalue weighted by Gasteiger charge is 2.33. The van der Waals surface area contributed by atoms with Crippen LogP contribution in [0.3, 0.4) is 0 Å². The molecule has 2 aliphatic rings. The molecule has 182 valence electrons. The van der Waals surface area contributed by atoms with E-state index in [9.17, 15) is 4.79 Å². The molecule has 1 atom stereocenters. The summed E-state index contributed by atoms with van der Waals surface area (Å²) in [6, 6.07) is 21.6. The van der Waals surface area contributed by atoms with Gasteiger partial charge in [-0.3, -0.25) is 4.79 Å². The zero-order valence-electron chi connectivity index (χ0n) is 19.7. The molecule has 0 amide bonds. The number of aromatic nitrogens is 2. The molecule has 3 heterocycles. The van der Waals surface area contributed by atoms with Gasteiger partial charge >= 0.3 is 0 Å². The van der Waals surface area contributed by atoms with Gasteiger partial charge in [-0.25, -0.2) is 4.98 Å². The molecule has 1 fully saturated rings. The van der Waals surface area contributed by atoms with E-state index in [1.165, 1.54) is 0 Å². The number of halogens is 1. The Morgan fingerprint density at radius 1 is 0.861 bits per heavy atom. The van der Waals surface area contributed by atoms with E-state index >= 15 is 0 Å². The lowest BCUT2D eigenvalue weighted by Gasteiger charge is -2.36. The maximum Gasteiger partial charge on any atom is 0.227 e. The lowest BCUT2D eigenvalue weighted by Crippen LogP contribution is -2.47. The predicted octanol–water partition coefficient (Wildman–Crippen LogP) is 5.71. The van der Waals surface area contributed by atoms with E-state index in [4.69, 9.17) is 26.0 Å². The largest absolute Gasteiger partial charge is 0.469 e. The van der Waals surface area contributed by atoms with E-state index < -0.39 is 0 Å². The van der Waals surface area contributed by atoms with Crippen molar-refractivity contribution in [1.82, 2.24) is 9.97 Å². The van der Waals surface area contributed by atoms with Crippen LogP contribution in [0.2, 0.25) is 5.02 Å². The molecule has 6 rings (SSSR count). The van der Waals surface area contributed by atoms with Gasteiger partial charge < -0.3 is 19.5 Å². The summed E-state index contributed by atoms with van der Waals surface area (Å²) in [6.45, 7) is 3.25. The smallest absolute Gasteiger partial charge is 0.227 e. The van der Waals surface area contributed by atoms with Crippen LogP contribution in [0.1, 0.15) is 34.2 Å². The first kappa shape index (κ1) is 22.6. The third-order valence-corrected chi connectivity index (χ3v) is 7.11. The Bertz CT molecular complexity index is 1350. The molecule has 1 aliphatic carbocycles. The van der Waals surface area contributed by atoms with E-state index in [1.807, 2.05) is 54.6 Å². The summed E-state index contributed by atoms with van der Waals surface area (Å²) < 4.78 is 5.63. The number of furan rings is 1. The lowest BCUT2D eigenvalue weighted by molar-refractivity contribution is 0.0959. The lowest BCUT2D eigenvalue weighted by atomic mass is 9.84. The van der Waals surface area contributed by atoms with Crippen LogP contribution < -0.4 is 15.1 Å². The molecule has 0 bridgehead atoms. The normalized spacial score (nSPS) is 17.7. The SMILES string of the molecule is O=C1CC(c2ccco2)Cc2nc(N3CCN(c4ccc(Cl)cc4)CC3)nc(Nc3ccccc3)c21. The van der Waals surface area contributed by atoms with Crippen molar-refractivity contribution in [3.63, 3.8) is 0 Å². The minimum atomic E-state index is -0.0194. The summed E-state index contributed by atoms with van der Waals surface area (Å²) in [5, 5.41) is 4.12. The first-order valence-corrected chi connectivity index (χ1v) is 12.6. The number of benzene rings is 2. The van der Waals surface area contributed by atoms with E-state index in [-0.39, 0.29) is 11.7 Å². The number of Topliss-reactive ketones (excluding diaryl/α,β-unsaturated/α-hetero) is 1. The second-order valence-electron chi connectivity index (χ2n) is 9.18. The molecule has 0 spiro atoms. The van der Waals surface area contributed by atoms with Crippen molar-refractivity contribution in [2.45, 2.75) is 18.8 Å². The van der Waals surface area contributed by atoms with Crippen molar-refractivity contribution < 1.29 is 9.21 Å². The highest BCUT2D eigenvalue weighted by atomic mass is 35.5. The van der Waals surface area contributed by atoms with Crippen molar-refractivity contribution in [3.8, 4) is 0 Å². The summed E-state index contributed by atoms with van der Waals surface area (Å²) in [7, 11) is 0. The fourth-order valence-electron chi connectivity index (χ4n) is 5.00. The summed E-state index contributed by atoms with van der Waals surface area (Å²) in [4.78, 5) is 27.7. The van der Waals surface area contributed by atoms with E-state index in [0.29, 0.717) is 30.2 Å². The number of para-hydroxylation sites is 1. The summed E-state index contributed by atoms with van der Waals surface area (Å²) >= 11 is 6.06. The standard InChI is InChI=1S/C28H26ClN5O2/c29-20-8-10-22(11-9-20)33-12-14-34(15-13-33)28-31-23-17-19(25-7-4-16-36-25)18-24(35)26(23)27(32-28)30-21-5-2-1-3-6-21/h1-11,16,19H,12-15,17-18H2,(H,30,31,32). The zero-order chi connectivity index (χ0) is 24.5. The predicted molar refractivity (Wildman–Crippen MR) is 142 cm³/mol. The molecule has 0 radical (unpaired) electrons. The van der Waals surface area contributed by atoms with Crippen molar-refractivity contribution in [3.05, 3.63) is 95.0 Å². The number of rotatable bonds is 5. The van der Waals surface area contributed by atoms with Crippen molar-refractivity contribution >= 4 is 40.5 Å². The molecule has 1 saturated heterocycles. The van der Waals surface area contributed by atoms with Crippen LogP contribution in [-0.2, 0) is 6.42 Å². The maximum atomic E-state index is 13.3. The van der Waals surface area contributed by atoms with Crippen LogP contribution in [0.4, 0.5) is 23.1 Å². The Morgan fingerprint density at radius 3 is 2.33 bits per heavy atom. The Labute approximate surface area is 214 Å². The van der Waals surface area contributed by atoms with E-state index in [2.05, 4.69) is 27.2 Å². The number of nitrogens with zero attached hydrogens (tertiary/aromatic N) is 4. The summed E-state index contributed by atoms with van der Waals surface area (Å²) in [6.07, 6.45) is 2.67. The summed E-state index contributed by atoms with van der Waals surface area (Å²) in [5.41, 5.74) is 3.41. The number of hydrogen-bond donors (Lipinski definition) is 1. The minimum Gasteiger partial charge on any atom is -0.469 e. The first-order chi connectivity index (χ1) is 17.6. The molecule has 1 unspecified atom stereocenters. The van der Waals surface area contributed by atoms with Gasteiger partial charge in [0.2, 0.25) is 5.95 Å². The molecule has 0 saturated carbocycles. The van der Waals surface area contributed by atoms with Gasteiger partial charge in [0.05, 0.1) is 17.5 Å². The van der Waals surface area contributed by atoms with Crippen molar-refractivity contribution in [2.75, 3.05) is 41.3 Å². The molecular formula is C28H26ClN5O2. The summed E-state index contributed by atoms with van der Waals surface area (Å²) in [5.74, 6) is 2.06. The Kier molecular flexibility index (Phi) is 6.07. The topological polar surface area (TPSA) is 74.5 Å². The monoisotopic (exact) mass is 499 g/mol. The molecule has 1 N–H and O–H groups in total. The van der Waals surface area contributed by atoms with Crippen LogP contribution in [0, 0.1) is 0 Å². The zero-order valence-corrected chi connectivity index (χ0v) is 20.5. The maximum absolute atomic E-state index is 13.3. The molecule has 36 heavy (non-hydrogen) atoms. The van der Waals surface area contributed by atoms with Gasteiger partial charge in [-0.2, -0.15) is 4.98 Å². The molecule has 2 aromatic heterocycles. The fourth-order valence-corrected chi connectivity index (χ4v) is 5.12. The second kappa shape index (κ2) is 9.66. The number of fused-ring (bicyclic) bond motifs is 1. The molecule has 8 heteroatoms. The van der Waals surface area contributed by atoms with Gasteiger partial charge in [0.25, 0.3) is 0 Å². The van der Waals surface area contributed by atoms with Crippen LogP contribution in [0.5, 0.6) is 0 Å². The number of hydrogen-bond acceptors (Lipinski definition) is 7. The van der Waals surface area contributed by atoms with Gasteiger partial charge in [-0.15, -0.1) is 0 Å². The van der Waals surface area contributed by atoms with Gasteiger partial charge in [0, 0.05) is 61.3 Å². The van der Waals surface area contributed by atoms with Gasteiger partial charge in [0.15, 0.2) is 5.78 Å². The van der Waals surface area contributed by atoms with Crippen LogP contribution in [0.15, 0.2) is 77.4 Å². The number of carbonyl (C=O) groups is 1. The number of piperazine rings is 1. The number of carbonyl (C=O) groups excluding carboxylic acids is 1. The Balaban J connectivity index is 1.30. The average Bonchev–Trinajstić information content (AvgIpc) is 3.45. The van der Waals surface area contributed by atoms with Gasteiger partial charge in [-0.05, 0) is 48.5 Å². The van der Waals surface area contributed by atoms with Crippen molar-refractivity contribution in [2.24, 2.45) is 0 Å². The molecule has 1 aliphatic heterocycles. The quantitative estimate of drug-likeness (QED) is 0.377. The first-order valence-electron chi connectivity index (χ1n) is 12.2. The molecule has 4 aromatic rings. The third kappa shape index (κ3) is 4.54. The van der Waals surface area contributed by atoms with Crippen LogP contribution in [0.25, 0.3) is 0 Å². The number of nitrogens with one attached hydrogen (secondary N) is 1. The van der Waals surface area contributed by atoms with Crippen LogP contribution >= 0.6 is 11.6 Å². The number of ketones is 1. The van der Waals surface area contributed by atoms with Crippen LogP contribution in [-0.4, -0.2) is 41.9 Å². The minimum absolute atomic E-state index is 0.0194. The fraction of sp³-hybridized carbons (Fsp3) is 0.250. The molecule has 7 nitrogen and oxygen atoms in total. The van der Waals surface area contributed by atoms with Gasteiger partial charge in [-0.1, -0.05) is 29.8 Å². The molecular weight excluding hydrogens is 474 g/mol. The average molecular weight is 500 g/mol. The van der Waals surface area contributed by atoms with E-state index in [1.54, 1.807) is 6.26 Å². The number of anilines is 4. The van der Waals surface area contributed by atoms with Crippen molar-refractivity contribution in [1.29, 1.82) is 0 Å². The highest BCUT2D eigenvalue weighted by Crippen LogP contribution is 2.36. The third-order valence-electron chi connectivity index (χ3n) is 6.86. The van der Waals surface area contributed by atoms with Gasteiger partial charge in [0.1, 0.15) is 11.6 Å². The highest BCUT2D eigenvalue weighted by molar-refractivity contribution is 6.30. The Morgan fingerprint density at radius 2 is 1.61 bits per heavy atom.